The number of carbonyl (C=O) groups excluding carboxylic acids is 1. The van der Waals surface area contributed by atoms with E-state index in [0.717, 1.165) is 36.4 Å². The summed E-state index contributed by atoms with van der Waals surface area (Å²) >= 11 is 0. The predicted octanol–water partition coefficient (Wildman–Crippen LogP) is 1.39. The molecule has 5 nitrogen and oxygen atoms in total. The molecule has 1 unspecified atom stereocenters. The maximum Gasteiger partial charge on any atom is 0.237 e. The molecular formula is C15H20N2O3. The Morgan fingerprint density at radius 3 is 2.90 bits per heavy atom. The fourth-order valence-electron chi connectivity index (χ4n) is 2.63. The molecule has 1 aromatic carbocycles. The van der Waals surface area contributed by atoms with Crippen LogP contribution in [0.2, 0.25) is 0 Å². The van der Waals surface area contributed by atoms with Crippen LogP contribution in [0, 0.1) is 0 Å². The number of ether oxygens (including phenoxy) is 2. The number of hydrogen-bond donors (Lipinski definition) is 2. The first kappa shape index (κ1) is 13.2. The van der Waals surface area contributed by atoms with Crippen molar-refractivity contribution in [2.75, 3.05) is 19.8 Å². The standard InChI is InChI=1S/C15H20N2O3/c1-10(17-15(18)12-3-2-6-16-12)11-4-5-13-14(9-11)20-8-7-19-13/h4-5,9-10,12,16H,2-3,6-8H2,1H3,(H,17,18)/t10?,12-/m0/s1. The SMILES string of the molecule is CC(NC(=O)[C@@H]1CCCN1)c1ccc2c(c1)OCCO2. The minimum atomic E-state index is -0.0466. The Bertz CT molecular complexity index is 498. The summed E-state index contributed by atoms with van der Waals surface area (Å²) in [5, 5.41) is 6.25. The van der Waals surface area contributed by atoms with Crippen LogP contribution in [-0.4, -0.2) is 31.7 Å². The first-order chi connectivity index (χ1) is 9.74. The van der Waals surface area contributed by atoms with Crippen LogP contribution in [0.1, 0.15) is 31.4 Å². The van der Waals surface area contributed by atoms with Gasteiger partial charge in [0.15, 0.2) is 11.5 Å². The molecular weight excluding hydrogens is 256 g/mol. The van der Waals surface area contributed by atoms with Crippen LogP contribution in [0.3, 0.4) is 0 Å². The highest BCUT2D eigenvalue weighted by Gasteiger charge is 2.23. The van der Waals surface area contributed by atoms with Crippen LogP contribution in [0.25, 0.3) is 0 Å². The van der Waals surface area contributed by atoms with E-state index in [9.17, 15) is 4.79 Å². The number of amides is 1. The van der Waals surface area contributed by atoms with Crippen LogP contribution >= 0.6 is 0 Å². The molecule has 1 amide bonds. The van der Waals surface area contributed by atoms with Gasteiger partial charge < -0.3 is 20.1 Å². The van der Waals surface area contributed by atoms with Gasteiger partial charge in [-0.05, 0) is 44.0 Å². The van der Waals surface area contributed by atoms with Crippen LogP contribution in [-0.2, 0) is 4.79 Å². The number of carbonyl (C=O) groups is 1. The second kappa shape index (κ2) is 5.71. The molecule has 5 heteroatoms. The van der Waals surface area contributed by atoms with Gasteiger partial charge in [-0.3, -0.25) is 4.79 Å². The average Bonchev–Trinajstić information content (AvgIpc) is 3.01. The van der Waals surface area contributed by atoms with E-state index in [1.165, 1.54) is 0 Å². The summed E-state index contributed by atoms with van der Waals surface area (Å²) in [6.45, 7) is 4.07. The molecule has 1 aromatic rings. The number of hydrogen-bond acceptors (Lipinski definition) is 4. The lowest BCUT2D eigenvalue weighted by molar-refractivity contribution is -0.123. The summed E-state index contributed by atoms with van der Waals surface area (Å²) in [7, 11) is 0. The second-order valence-corrected chi connectivity index (χ2v) is 5.28. The molecule has 1 saturated heterocycles. The third-order valence-electron chi connectivity index (χ3n) is 3.80. The summed E-state index contributed by atoms with van der Waals surface area (Å²) in [4.78, 5) is 12.1. The summed E-state index contributed by atoms with van der Waals surface area (Å²) in [6, 6.07) is 5.73. The highest BCUT2D eigenvalue weighted by molar-refractivity contribution is 5.82. The predicted molar refractivity (Wildman–Crippen MR) is 75.0 cm³/mol. The van der Waals surface area contributed by atoms with Gasteiger partial charge in [0.1, 0.15) is 13.2 Å². The monoisotopic (exact) mass is 276 g/mol. The number of fused-ring (bicyclic) bond motifs is 1. The van der Waals surface area contributed by atoms with E-state index in [-0.39, 0.29) is 18.0 Å². The zero-order valence-corrected chi connectivity index (χ0v) is 11.6. The Morgan fingerprint density at radius 1 is 1.35 bits per heavy atom. The van der Waals surface area contributed by atoms with Crippen LogP contribution in [0.4, 0.5) is 0 Å². The van der Waals surface area contributed by atoms with Crippen molar-refractivity contribution in [3.63, 3.8) is 0 Å². The van der Waals surface area contributed by atoms with Crippen LogP contribution in [0.15, 0.2) is 18.2 Å². The lowest BCUT2D eigenvalue weighted by Crippen LogP contribution is -2.41. The normalized spacial score (nSPS) is 22.4. The Morgan fingerprint density at radius 2 is 2.15 bits per heavy atom. The van der Waals surface area contributed by atoms with E-state index in [4.69, 9.17) is 9.47 Å². The van der Waals surface area contributed by atoms with Crippen molar-refractivity contribution in [1.82, 2.24) is 10.6 Å². The fraction of sp³-hybridized carbons (Fsp3) is 0.533. The molecule has 2 aliphatic heterocycles. The lowest BCUT2D eigenvalue weighted by Gasteiger charge is -2.22. The molecule has 2 atom stereocenters. The van der Waals surface area contributed by atoms with Crippen LogP contribution in [0.5, 0.6) is 11.5 Å². The van der Waals surface area contributed by atoms with Crippen molar-refractivity contribution in [1.29, 1.82) is 0 Å². The third-order valence-corrected chi connectivity index (χ3v) is 3.80. The molecule has 0 aromatic heterocycles. The summed E-state index contributed by atoms with van der Waals surface area (Å²) in [5.74, 6) is 1.61. The topological polar surface area (TPSA) is 59.6 Å². The van der Waals surface area contributed by atoms with Gasteiger partial charge in [0.2, 0.25) is 5.91 Å². The number of rotatable bonds is 3. The first-order valence-corrected chi connectivity index (χ1v) is 7.17. The van der Waals surface area contributed by atoms with Gasteiger partial charge >= 0.3 is 0 Å². The zero-order chi connectivity index (χ0) is 13.9. The molecule has 2 aliphatic rings. The molecule has 1 fully saturated rings. The number of nitrogens with one attached hydrogen (secondary N) is 2. The summed E-state index contributed by atoms with van der Waals surface area (Å²) in [6.07, 6.45) is 1.98. The van der Waals surface area contributed by atoms with E-state index >= 15 is 0 Å². The molecule has 2 heterocycles. The average molecular weight is 276 g/mol. The minimum Gasteiger partial charge on any atom is -0.486 e. The van der Waals surface area contributed by atoms with Crippen molar-refractivity contribution in [3.8, 4) is 11.5 Å². The largest absolute Gasteiger partial charge is 0.486 e. The van der Waals surface area contributed by atoms with Crippen molar-refractivity contribution >= 4 is 5.91 Å². The van der Waals surface area contributed by atoms with E-state index in [1.54, 1.807) is 0 Å². The zero-order valence-electron chi connectivity index (χ0n) is 11.6. The molecule has 0 bridgehead atoms. The van der Waals surface area contributed by atoms with Crippen LogP contribution < -0.4 is 20.1 Å². The van der Waals surface area contributed by atoms with Gasteiger partial charge in [0, 0.05) is 0 Å². The Balaban J connectivity index is 1.67. The summed E-state index contributed by atoms with van der Waals surface area (Å²) < 4.78 is 11.1. The molecule has 0 aliphatic carbocycles. The Labute approximate surface area is 118 Å². The quantitative estimate of drug-likeness (QED) is 0.876. The third kappa shape index (κ3) is 2.72. The van der Waals surface area contributed by atoms with Gasteiger partial charge in [-0.15, -0.1) is 0 Å². The fourth-order valence-corrected chi connectivity index (χ4v) is 2.63. The molecule has 0 spiro atoms. The number of benzene rings is 1. The van der Waals surface area contributed by atoms with Crippen molar-refractivity contribution in [2.45, 2.75) is 31.8 Å². The van der Waals surface area contributed by atoms with Gasteiger partial charge in [-0.25, -0.2) is 0 Å². The van der Waals surface area contributed by atoms with Crippen molar-refractivity contribution < 1.29 is 14.3 Å². The highest BCUT2D eigenvalue weighted by atomic mass is 16.6. The van der Waals surface area contributed by atoms with E-state index in [2.05, 4.69) is 10.6 Å². The maximum absolute atomic E-state index is 12.1. The van der Waals surface area contributed by atoms with Gasteiger partial charge in [0.25, 0.3) is 0 Å². The van der Waals surface area contributed by atoms with Crippen molar-refractivity contribution in [2.24, 2.45) is 0 Å². The molecule has 20 heavy (non-hydrogen) atoms. The Hall–Kier alpha value is -1.75. The molecule has 3 rings (SSSR count). The van der Waals surface area contributed by atoms with E-state index in [1.807, 2.05) is 25.1 Å². The summed E-state index contributed by atoms with van der Waals surface area (Å²) in [5.41, 5.74) is 1.03. The molecule has 0 saturated carbocycles. The van der Waals surface area contributed by atoms with Crippen molar-refractivity contribution in [3.05, 3.63) is 23.8 Å². The van der Waals surface area contributed by atoms with Gasteiger partial charge in [-0.2, -0.15) is 0 Å². The molecule has 0 radical (unpaired) electrons. The first-order valence-electron chi connectivity index (χ1n) is 7.17. The Kier molecular flexibility index (Phi) is 3.78. The smallest absolute Gasteiger partial charge is 0.237 e. The second-order valence-electron chi connectivity index (χ2n) is 5.28. The molecule has 2 N–H and O–H groups in total. The van der Waals surface area contributed by atoms with E-state index < -0.39 is 0 Å². The lowest BCUT2D eigenvalue weighted by atomic mass is 10.1. The maximum atomic E-state index is 12.1. The molecule has 108 valence electrons. The van der Waals surface area contributed by atoms with Gasteiger partial charge in [0.05, 0.1) is 12.1 Å². The van der Waals surface area contributed by atoms with E-state index in [0.29, 0.717) is 13.2 Å². The minimum absolute atomic E-state index is 0.0410. The highest BCUT2D eigenvalue weighted by Crippen LogP contribution is 2.32. The van der Waals surface area contributed by atoms with Gasteiger partial charge in [-0.1, -0.05) is 6.07 Å².